The van der Waals surface area contributed by atoms with Crippen LogP contribution in [0, 0.1) is 5.92 Å². The number of methoxy groups -OCH3 is 1. The van der Waals surface area contributed by atoms with Crippen LogP contribution in [-0.4, -0.2) is 13.1 Å². The first-order valence-corrected chi connectivity index (χ1v) is 7.21. The minimum Gasteiger partial charge on any atom is -0.497 e. The Bertz CT molecular complexity index is 688. The molecule has 3 heteroatoms. The molecular formula is C18H18O3. The van der Waals surface area contributed by atoms with Crippen molar-refractivity contribution in [3.05, 3.63) is 48.6 Å². The molecule has 0 saturated carbocycles. The normalized spacial score (nSPS) is 17.7. The van der Waals surface area contributed by atoms with Crippen LogP contribution in [0.15, 0.2) is 48.6 Å². The highest BCUT2D eigenvalue weighted by molar-refractivity contribution is 5.86. The van der Waals surface area contributed by atoms with Crippen LogP contribution in [0.1, 0.15) is 19.3 Å². The second kappa shape index (κ2) is 6.00. The molecule has 0 spiro atoms. The molecule has 21 heavy (non-hydrogen) atoms. The Labute approximate surface area is 124 Å². The maximum atomic E-state index is 12.1. The molecule has 0 fully saturated rings. The third kappa shape index (κ3) is 3.07. The third-order valence-corrected chi connectivity index (χ3v) is 3.84. The number of rotatable bonds is 3. The van der Waals surface area contributed by atoms with Crippen molar-refractivity contribution < 1.29 is 14.3 Å². The van der Waals surface area contributed by atoms with Crippen LogP contribution >= 0.6 is 0 Å². The fraction of sp³-hybridized carbons (Fsp3) is 0.278. The summed E-state index contributed by atoms with van der Waals surface area (Å²) in [4.78, 5) is 12.1. The van der Waals surface area contributed by atoms with Gasteiger partial charge in [-0.15, -0.1) is 0 Å². The number of allylic oxidation sites excluding steroid dienone is 2. The summed E-state index contributed by atoms with van der Waals surface area (Å²) in [5.74, 6) is 1.23. The summed E-state index contributed by atoms with van der Waals surface area (Å²) >= 11 is 0. The van der Waals surface area contributed by atoms with Crippen molar-refractivity contribution in [2.24, 2.45) is 5.92 Å². The zero-order valence-corrected chi connectivity index (χ0v) is 12.0. The predicted octanol–water partition coefficient (Wildman–Crippen LogP) is 4.11. The van der Waals surface area contributed by atoms with Gasteiger partial charge in [0.15, 0.2) is 0 Å². The SMILES string of the molecule is COc1ccc2ccc(OC(=O)C3CC=CCC3)cc2c1. The van der Waals surface area contributed by atoms with Crippen molar-refractivity contribution in [1.82, 2.24) is 0 Å². The van der Waals surface area contributed by atoms with E-state index in [9.17, 15) is 4.79 Å². The number of hydrogen-bond donors (Lipinski definition) is 0. The van der Waals surface area contributed by atoms with E-state index < -0.39 is 0 Å². The molecule has 3 nitrogen and oxygen atoms in total. The fourth-order valence-corrected chi connectivity index (χ4v) is 2.60. The average Bonchev–Trinajstić information content (AvgIpc) is 2.55. The lowest BCUT2D eigenvalue weighted by atomic mass is 9.95. The van der Waals surface area contributed by atoms with Crippen LogP contribution in [0.2, 0.25) is 0 Å². The van der Waals surface area contributed by atoms with Gasteiger partial charge in [0.2, 0.25) is 0 Å². The van der Waals surface area contributed by atoms with E-state index in [1.807, 2.05) is 36.4 Å². The first-order chi connectivity index (χ1) is 10.3. The molecule has 0 heterocycles. The van der Waals surface area contributed by atoms with Gasteiger partial charge in [-0.25, -0.2) is 0 Å². The quantitative estimate of drug-likeness (QED) is 0.483. The lowest BCUT2D eigenvalue weighted by Crippen LogP contribution is -2.21. The van der Waals surface area contributed by atoms with Crippen LogP contribution < -0.4 is 9.47 Å². The molecule has 1 unspecified atom stereocenters. The van der Waals surface area contributed by atoms with E-state index in [0.29, 0.717) is 5.75 Å². The van der Waals surface area contributed by atoms with Crippen molar-refractivity contribution in [2.75, 3.05) is 7.11 Å². The molecule has 1 atom stereocenters. The average molecular weight is 282 g/mol. The number of carbonyl (C=O) groups excluding carboxylic acids is 1. The Hall–Kier alpha value is -2.29. The Morgan fingerprint density at radius 2 is 1.81 bits per heavy atom. The lowest BCUT2D eigenvalue weighted by molar-refractivity contribution is -0.139. The molecule has 0 aromatic heterocycles. The third-order valence-electron chi connectivity index (χ3n) is 3.84. The van der Waals surface area contributed by atoms with Gasteiger partial charge in [-0.05, 0) is 54.3 Å². The molecule has 108 valence electrons. The molecule has 0 N–H and O–H groups in total. The largest absolute Gasteiger partial charge is 0.497 e. The van der Waals surface area contributed by atoms with Crippen molar-refractivity contribution in [1.29, 1.82) is 0 Å². The zero-order valence-electron chi connectivity index (χ0n) is 12.0. The summed E-state index contributed by atoms with van der Waals surface area (Å²) in [5, 5.41) is 2.10. The summed E-state index contributed by atoms with van der Waals surface area (Å²) in [6, 6.07) is 11.5. The Morgan fingerprint density at radius 1 is 1.05 bits per heavy atom. The minimum absolute atomic E-state index is 0.0176. The first-order valence-electron chi connectivity index (χ1n) is 7.21. The number of fused-ring (bicyclic) bond motifs is 1. The van der Waals surface area contributed by atoms with E-state index in [0.717, 1.165) is 35.8 Å². The van der Waals surface area contributed by atoms with E-state index in [-0.39, 0.29) is 11.9 Å². The number of carbonyl (C=O) groups is 1. The fourth-order valence-electron chi connectivity index (χ4n) is 2.60. The molecule has 0 aliphatic heterocycles. The van der Waals surface area contributed by atoms with Gasteiger partial charge < -0.3 is 9.47 Å². The molecule has 1 aliphatic carbocycles. The highest BCUT2D eigenvalue weighted by Gasteiger charge is 2.20. The van der Waals surface area contributed by atoms with Gasteiger partial charge in [0, 0.05) is 0 Å². The topological polar surface area (TPSA) is 35.5 Å². The molecule has 0 amide bonds. The van der Waals surface area contributed by atoms with Crippen LogP contribution in [0.5, 0.6) is 11.5 Å². The number of ether oxygens (including phenoxy) is 2. The van der Waals surface area contributed by atoms with E-state index in [2.05, 4.69) is 12.2 Å². The van der Waals surface area contributed by atoms with Crippen molar-refractivity contribution >= 4 is 16.7 Å². The van der Waals surface area contributed by atoms with Gasteiger partial charge in [-0.2, -0.15) is 0 Å². The highest BCUT2D eigenvalue weighted by Crippen LogP contribution is 2.26. The molecule has 3 rings (SSSR count). The first kappa shape index (κ1) is 13.7. The molecule has 0 bridgehead atoms. The van der Waals surface area contributed by atoms with Crippen molar-refractivity contribution in [2.45, 2.75) is 19.3 Å². The molecule has 2 aromatic rings. The maximum absolute atomic E-state index is 12.1. The van der Waals surface area contributed by atoms with E-state index in [1.54, 1.807) is 7.11 Å². The van der Waals surface area contributed by atoms with Gasteiger partial charge in [0.05, 0.1) is 13.0 Å². The second-order valence-electron chi connectivity index (χ2n) is 5.28. The Balaban J connectivity index is 1.80. The molecule has 0 radical (unpaired) electrons. The van der Waals surface area contributed by atoms with Crippen LogP contribution in [0.25, 0.3) is 10.8 Å². The Kier molecular flexibility index (Phi) is 3.91. The van der Waals surface area contributed by atoms with Crippen molar-refractivity contribution in [3.8, 4) is 11.5 Å². The van der Waals surface area contributed by atoms with Crippen LogP contribution in [0.4, 0.5) is 0 Å². The van der Waals surface area contributed by atoms with Crippen LogP contribution in [-0.2, 0) is 4.79 Å². The predicted molar refractivity (Wildman–Crippen MR) is 82.6 cm³/mol. The van der Waals surface area contributed by atoms with Gasteiger partial charge in [-0.3, -0.25) is 4.79 Å². The van der Waals surface area contributed by atoms with Gasteiger partial charge >= 0.3 is 5.97 Å². The van der Waals surface area contributed by atoms with Gasteiger partial charge in [0.1, 0.15) is 11.5 Å². The number of hydrogen-bond acceptors (Lipinski definition) is 3. The number of benzene rings is 2. The van der Waals surface area contributed by atoms with Gasteiger partial charge in [-0.1, -0.05) is 24.3 Å². The van der Waals surface area contributed by atoms with E-state index in [1.165, 1.54) is 0 Å². The number of esters is 1. The lowest BCUT2D eigenvalue weighted by Gasteiger charge is -2.16. The molecular weight excluding hydrogens is 264 g/mol. The zero-order chi connectivity index (χ0) is 14.7. The summed E-state index contributed by atoms with van der Waals surface area (Å²) in [7, 11) is 1.64. The Morgan fingerprint density at radius 3 is 2.52 bits per heavy atom. The minimum atomic E-state index is -0.137. The highest BCUT2D eigenvalue weighted by atomic mass is 16.5. The summed E-state index contributed by atoms with van der Waals surface area (Å²) in [6.07, 6.45) is 6.78. The van der Waals surface area contributed by atoms with E-state index in [4.69, 9.17) is 9.47 Å². The maximum Gasteiger partial charge on any atom is 0.314 e. The monoisotopic (exact) mass is 282 g/mol. The summed E-state index contributed by atoms with van der Waals surface area (Å²) < 4.78 is 10.7. The second-order valence-corrected chi connectivity index (χ2v) is 5.28. The van der Waals surface area contributed by atoms with Crippen molar-refractivity contribution in [3.63, 3.8) is 0 Å². The smallest absolute Gasteiger partial charge is 0.314 e. The summed E-state index contributed by atoms with van der Waals surface area (Å²) in [6.45, 7) is 0. The van der Waals surface area contributed by atoms with Gasteiger partial charge in [0.25, 0.3) is 0 Å². The van der Waals surface area contributed by atoms with E-state index >= 15 is 0 Å². The molecule has 2 aromatic carbocycles. The summed E-state index contributed by atoms with van der Waals surface area (Å²) in [5.41, 5.74) is 0. The molecule has 0 saturated heterocycles. The standard InChI is InChI=1S/C18H18O3/c1-20-16-9-7-13-8-10-17(12-15(13)11-16)21-18(19)14-5-3-2-4-6-14/h2-3,7-12,14H,4-6H2,1H3. The molecule has 1 aliphatic rings. The van der Waals surface area contributed by atoms with Crippen LogP contribution in [0.3, 0.4) is 0 Å².